The van der Waals surface area contributed by atoms with Crippen molar-refractivity contribution < 1.29 is 5.11 Å². The van der Waals surface area contributed by atoms with Gasteiger partial charge >= 0.3 is 0 Å². The van der Waals surface area contributed by atoms with Crippen molar-refractivity contribution in [1.82, 2.24) is 0 Å². The fourth-order valence-corrected chi connectivity index (χ4v) is 2.90. The Labute approximate surface area is 125 Å². The average molecular weight is 277 g/mol. The second kappa shape index (κ2) is 5.13. The van der Waals surface area contributed by atoms with Crippen LogP contribution in [0.3, 0.4) is 0 Å². The van der Waals surface area contributed by atoms with Gasteiger partial charge in [0.1, 0.15) is 5.75 Å². The van der Waals surface area contributed by atoms with Gasteiger partial charge in [0.25, 0.3) is 0 Å². The lowest BCUT2D eigenvalue weighted by atomic mass is 10.0. The quantitative estimate of drug-likeness (QED) is 0.630. The van der Waals surface area contributed by atoms with E-state index in [9.17, 15) is 5.11 Å². The Hall–Kier alpha value is -2.48. The number of anilines is 2. The fraction of sp³-hybridized carbons (Fsp3) is 0.158. The molecular weight excluding hydrogens is 258 g/mol. The van der Waals surface area contributed by atoms with Gasteiger partial charge in [-0.3, -0.25) is 0 Å². The van der Waals surface area contributed by atoms with Crippen molar-refractivity contribution >= 4 is 22.1 Å². The first-order chi connectivity index (χ1) is 10.1. The minimum absolute atomic E-state index is 0.313. The first kappa shape index (κ1) is 13.5. The Kier molecular flexibility index (Phi) is 3.30. The van der Waals surface area contributed by atoms with Crippen molar-refractivity contribution in [3.05, 3.63) is 65.2 Å². The first-order valence-corrected chi connectivity index (χ1v) is 7.12. The monoisotopic (exact) mass is 277 g/mol. The number of phenols is 1. The second-order valence-corrected chi connectivity index (χ2v) is 5.58. The Morgan fingerprint density at radius 3 is 2.10 bits per heavy atom. The highest BCUT2D eigenvalue weighted by Crippen LogP contribution is 2.34. The molecule has 0 spiro atoms. The molecule has 2 N–H and O–H groups in total. The first-order valence-electron chi connectivity index (χ1n) is 7.12. The van der Waals surface area contributed by atoms with E-state index in [0.717, 1.165) is 22.1 Å². The van der Waals surface area contributed by atoms with Crippen molar-refractivity contribution in [2.24, 2.45) is 0 Å². The summed E-state index contributed by atoms with van der Waals surface area (Å²) in [5.41, 5.74) is 5.87. The van der Waals surface area contributed by atoms with E-state index in [2.05, 4.69) is 38.2 Å². The fourth-order valence-electron chi connectivity index (χ4n) is 2.90. The standard InChI is InChI=1S/C19H19NO/c1-12-10-13(2)19(14(3)11-12)20-17-8-9-18(21)16-7-5-4-6-15(16)17/h4-11,20-21H,1-3H3. The molecule has 2 nitrogen and oxygen atoms in total. The van der Waals surface area contributed by atoms with Crippen LogP contribution in [-0.2, 0) is 0 Å². The molecule has 21 heavy (non-hydrogen) atoms. The molecule has 3 aromatic carbocycles. The maximum Gasteiger partial charge on any atom is 0.123 e. The number of nitrogens with one attached hydrogen (secondary N) is 1. The smallest absolute Gasteiger partial charge is 0.123 e. The highest BCUT2D eigenvalue weighted by molar-refractivity contribution is 5.99. The van der Waals surface area contributed by atoms with E-state index in [0.29, 0.717) is 5.75 Å². The predicted octanol–water partition coefficient (Wildman–Crippen LogP) is 5.21. The van der Waals surface area contributed by atoms with Crippen molar-refractivity contribution in [2.45, 2.75) is 20.8 Å². The van der Waals surface area contributed by atoms with Gasteiger partial charge in [-0.1, -0.05) is 42.0 Å². The van der Waals surface area contributed by atoms with E-state index >= 15 is 0 Å². The van der Waals surface area contributed by atoms with Crippen LogP contribution in [0.4, 0.5) is 11.4 Å². The Morgan fingerprint density at radius 1 is 0.810 bits per heavy atom. The zero-order valence-corrected chi connectivity index (χ0v) is 12.6. The molecule has 2 heteroatoms. The van der Waals surface area contributed by atoms with Crippen molar-refractivity contribution in [1.29, 1.82) is 0 Å². The van der Waals surface area contributed by atoms with E-state index in [4.69, 9.17) is 0 Å². The number of aryl methyl sites for hydroxylation is 3. The summed E-state index contributed by atoms with van der Waals surface area (Å²) < 4.78 is 0. The lowest BCUT2D eigenvalue weighted by Gasteiger charge is -2.16. The molecule has 0 radical (unpaired) electrons. The van der Waals surface area contributed by atoms with Gasteiger partial charge < -0.3 is 10.4 Å². The Bertz CT molecular complexity index is 798. The van der Waals surface area contributed by atoms with Crippen LogP contribution in [0, 0.1) is 20.8 Å². The third-order valence-electron chi connectivity index (χ3n) is 3.84. The molecule has 0 aromatic heterocycles. The number of benzene rings is 3. The lowest BCUT2D eigenvalue weighted by molar-refractivity contribution is 0.481. The molecule has 0 atom stereocenters. The zero-order chi connectivity index (χ0) is 15.0. The molecule has 0 aliphatic rings. The predicted molar refractivity (Wildman–Crippen MR) is 89.5 cm³/mol. The van der Waals surface area contributed by atoms with E-state index < -0.39 is 0 Å². The number of rotatable bonds is 2. The van der Waals surface area contributed by atoms with Crippen LogP contribution in [0.2, 0.25) is 0 Å². The summed E-state index contributed by atoms with van der Waals surface area (Å²) >= 11 is 0. The van der Waals surface area contributed by atoms with Crippen LogP contribution < -0.4 is 5.32 Å². The number of hydrogen-bond donors (Lipinski definition) is 2. The maximum atomic E-state index is 9.98. The minimum atomic E-state index is 0.313. The molecule has 0 bridgehead atoms. The van der Waals surface area contributed by atoms with Crippen molar-refractivity contribution in [3.63, 3.8) is 0 Å². The molecule has 0 fully saturated rings. The summed E-state index contributed by atoms with van der Waals surface area (Å²) in [6, 6.07) is 15.9. The number of aromatic hydroxyl groups is 1. The van der Waals surface area contributed by atoms with E-state index in [1.807, 2.05) is 30.3 Å². The van der Waals surface area contributed by atoms with E-state index in [-0.39, 0.29) is 0 Å². The van der Waals surface area contributed by atoms with Crippen LogP contribution in [-0.4, -0.2) is 5.11 Å². The molecule has 3 rings (SSSR count). The van der Waals surface area contributed by atoms with Gasteiger partial charge in [0.15, 0.2) is 0 Å². The topological polar surface area (TPSA) is 32.3 Å². The Balaban J connectivity index is 2.13. The summed E-state index contributed by atoms with van der Waals surface area (Å²) in [5, 5.41) is 15.4. The van der Waals surface area contributed by atoms with E-state index in [1.54, 1.807) is 6.07 Å². The van der Waals surface area contributed by atoms with Crippen molar-refractivity contribution in [3.8, 4) is 5.75 Å². The zero-order valence-electron chi connectivity index (χ0n) is 12.6. The SMILES string of the molecule is Cc1cc(C)c(Nc2ccc(O)c3ccccc23)c(C)c1. The molecule has 0 aliphatic heterocycles. The van der Waals surface area contributed by atoms with Crippen LogP contribution in [0.15, 0.2) is 48.5 Å². The van der Waals surface area contributed by atoms with Crippen LogP contribution in [0.25, 0.3) is 10.8 Å². The molecule has 0 unspecified atom stereocenters. The molecule has 106 valence electrons. The van der Waals surface area contributed by atoms with Gasteiger partial charge in [-0.05, 0) is 44.0 Å². The maximum absolute atomic E-state index is 9.98. The van der Waals surface area contributed by atoms with Gasteiger partial charge in [-0.15, -0.1) is 0 Å². The molecular formula is C19H19NO. The van der Waals surface area contributed by atoms with Crippen LogP contribution in [0.1, 0.15) is 16.7 Å². The molecule has 0 heterocycles. The lowest BCUT2D eigenvalue weighted by Crippen LogP contribution is -1.97. The molecule has 0 saturated carbocycles. The minimum Gasteiger partial charge on any atom is -0.507 e. The molecule has 0 saturated heterocycles. The Morgan fingerprint density at radius 2 is 1.43 bits per heavy atom. The third kappa shape index (κ3) is 2.45. The van der Waals surface area contributed by atoms with Gasteiger partial charge in [0.05, 0.1) is 0 Å². The molecule has 0 amide bonds. The summed E-state index contributed by atoms with van der Waals surface area (Å²) in [7, 11) is 0. The van der Waals surface area contributed by atoms with Gasteiger partial charge in [0, 0.05) is 22.1 Å². The molecule has 3 aromatic rings. The summed E-state index contributed by atoms with van der Waals surface area (Å²) in [6.07, 6.45) is 0. The van der Waals surface area contributed by atoms with Gasteiger partial charge in [0.2, 0.25) is 0 Å². The number of phenolic OH excluding ortho intramolecular Hbond substituents is 1. The highest BCUT2D eigenvalue weighted by Gasteiger charge is 2.08. The van der Waals surface area contributed by atoms with Gasteiger partial charge in [-0.25, -0.2) is 0 Å². The van der Waals surface area contributed by atoms with E-state index in [1.165, 1.54) is 16.7 Å². The highest BCUT2D eigenvalue weighted by atomic mass is 16.3. The third-order valence-corrected chi connectivity index (χ3v) is 3.84. The van der Waals surface area contributed by atoms with Gasteiger partial charge in [-0.2, -0.15) is 0 Å². The average Bonchev–Trinajstić information content (AvgIpc) is 2.45. The summed E-state index contributed by atoms with van der Waals surface area (Å²) in [5.74, 6) is 0.313. The normalized spacial score (nSPS) is 10.8. The summed E-state index contributed by atoms with van der Waals surface area (Å²) in [4.78, 5) is 0. The molecule has 0 aliphatic carbocycles. The largest absolute Gasteiger partial charge is 0.507 e. The van der Waals surface area contributed by atoms with Crippen molar-refractivity contribution in [2.75, 3.05) is 5.32 Å². The number of fused-ring (bicyclic) bond motifs is 1. The van der Waals surface area contributed by atoms with Crippen LogP contribution >= 0.6 is 0 Å². The summed E-state index contributed by atoms with van der Waals surface area (Å²) in [6.45, 7) is 6.34. The second-order valence-electron chi connectivity index (χ2n) is 5.58. The number of hydrogen-bond acceptors (Lipinski definition) is 2. The van der Waals surface area contributed by atoms with Crippen LogP contribution in [0.5, 0.6) is 5.75 Å².